The molecule has 0 bridgehead atoms. The predicted molar refractivity (Wildman–Crippen MR) is 186 cm³/mol. The lowest BCUT2D eigenvalue weighted by Crippen LogP contribution is -2.65. The Labute approximate surface area is 276 Å². The number of carbonyl (C=O) groups excluding carboxylic acids is 1. The van der Waals surface area contributed by atoms with Gasteiger partial charge in [0.25, 0.3) is 5.56 Å². The summed E-state index contributed by atoms with van der Waals surface area (Å²) < 4.78 is 0. The van der Waals surface area contributed by atoms with Gasteiger partial charge in [-0.25, -0.2) is 5.01 Å². The first-order valence-electron chi connectivity index (χ1n) is 18.0. The first-order chi connectivity index (χ1) is 22.2. The molecule has 1 saturated carbocycles. The monoisotopic (exact) mass is 633 g/mol. The van der Waals surface area contributed by atoms with E-state index in [9.17, 15) is 9.59 Å². The molecule has 9 nitrogen and oxygen atoms in total. The molecule has 3 heterocycles. The second-order valence-electron chi connectivity index (χ2n) is 14.5. The van der Waals surface area contributed by atoms with Gasteiger partial charge in [-0.3, -0.25) is 20.3 Å². The number of nitrogens with two attached hydrogens (primary N) is 1. The Morgan fingerprint density at radius 2 is 1.76 bits per heavy atom. The van der Waals surface area contributed by atoms with Crippen LogP contribution in [0.2, 0.25) is 0 Å². The minimum absolute atomic E-state index is 0.0125. The zero-order chi connectivity index (χ0) is 32.7. The molecule has 0 radical (unpaired) electrons. The molecule has 1 aromatic heterocycles. The van der Waals surface area contributed by atoms with Crippen molar-refractivity contribution in [3.8, 4) is 0 Å². The molecule has 1 aliphatic carbocycles. The number of benzene rings is 1. The number of amides is 1. The van der Waals surface area contributed by atoms with E-state index in [-0.39, 0.29) is 47.6 Å². The maximum atomic E-state index is 14.7. The van der Waals surface area contributed by atoms with Crippen molar-refractivity contribution in [2.45, 2.75) is 123 Å². The molecule has 2 saturated heterocycles. The van der Waals surface area contributed by atoms with Gasteiger partial charge in [-0.05, 0) is 75.6 Å². The van der Waals surface area contributed by atoms with Gasteiger partial charge in [0.15, 0.2) is 0 Å². The highest BCUT2D eigenvalue weighted by Crippen LogP contribution is 2.54. The van der Waals surface area contributed by atoms with Crippen molar-refractivity contribution in [3.63, 3.8) is 0 Å². The molecular weight excluding hydrogens is 574 g/mol. The van der Waals surface area contributed by atoms with Crippen molar-refractivity contribution in [2.24, 2.45) is 23.0 Å². The number of hydrogen-bond acceptors (Lipinski definition) is 7. The first kappa shape index (κ1) is 34.8. The van der Waals surface area contributed by atoms with Gasteiger partial charge in [0.2, 0.25) is 5.91 Å². The normalized spacial score (nSPS) is 26.6. The maximum absolute atomic E-state index is 14.7. The third-order valence-corrected chi connectivity index (χ3v) is 11.0. The van der Waals surface area contributed by atoms with Gasteiger partial charge in [-0.2, -0.15) is 0 Å². The average Bonchev–Trinajstić information content (AvgIpc) is 3.43. The summed E-state index contributed by atoms with van der Waals surface area (Å²) in [4.78, 5) is 30.5. The standard InChI is InChI=1S/C37H59N7O2/c1-25(2)44-36-37(24-41-44,30-15-10-8-6-5-7-9-11-16-30)32(35(46)40-23-31-26(3)19-27(4)42-34(31)45)21-33(43-36)29-14-12-13-28(20-29)22-39-18-17-38/h12-14,19-20,25,30,32-33,36,39,41,43H,5-11,15-18,21-24,38H2,1-4H3,(H,40,46)(H,42,45). The Kier molecular flexibility index (Phi) is 12.1. The Balaban J connectivity index is 1.51. The molecule has 7 N–H and O–H groups in total. The summed E-state index contributed by atoms with van der Waals surface area (Å²) in [6.45, 7) is 11.5. The van der Waals surface area contributed by atoms with Crippen LogP contribution < -0.4 is 32.7 Å². The molecule has 1 aromatic carbocycles. The van der Waals surface area contributed by atoms with Crippen LogP contribution in [-0.4, -0.2) is 47.7 Å². The van der Waals surface area contributed by atoms with Crippen LogP contribution in [0.3, 0.4) is 0 Å². The lowest BCUT2D eigenvalue weighted by Gasteiger charge is -2.53. The van der Waals surface area contributed by atoms with Crippen LogP contribution in [-0.2, 0) is 17.9 Å². The van der Waals surface area contributed by atoms with Crippen molar-refractivity contribution in [3.05, 3.63) is 68.6 Å². The van der Waals surface area contributed by atoms with Crippen molar-refractivity contribution in [1.82, 2.24) is 31.4 Å². The third-order valence-electron chi connectivity index (χ3n) is 11.0. The van der Waals surface area contributed by atoms with Crippen LogP contribution in [0.5, 0.6) is 0 Å². The minimum atomic E-state index is -0.265. The molecule has 2 aliphatic heterocycles. The Hall–Kier alpha value is -2.56. The zero-order valence-corrected chi connectivity index (χ0v) is 28.7. The van der Waals surface area contributed by atoms with Gasteiger partial charge in [0.1, 0.15) is 0 Å². The number of fused-ring (bicyclic) bond motifs is 1. The lowest BCUT2D eigenvalue weighted by molar-refractivity contribution is -0.139. The number of aromatic amines is 1. The molecule has 2 aromatic rings. The summed E-state index contributed by atoms with van der Waals surface area (Å²) >= 11 is 0. The van der Waals surface area contributed by atoms with E-state index >= 15 is 0 Å². The highest BCUT2D eigenvalue weighted by Gasteiger charge is 2.61. The van der Waals surface area contributed by atoms with E-state index in [1.807, 2.05) is 19.9 Å². The zero-order valence-electron chi connectivity index (χ0n) is 28.7. The largest absolute Gasteiger partial charge is 0.352 e. The second kappa shape index (κ2) is 16.0. The number of pyridine rings is 1. The second-order valence-corrected chi connectivity index (χ2v) is 14.5. The average molecular weight is 634 g/mol. The number of nitrogens with zero attached hydrogens (tertiary/aromatic N) is 1. The number of H-pyrrole nitrogens is 1. The van der Waals surface area contributed by atoms with Crippen LogP contribution in [0.1, 0.15) is 112 Å². The van der Waals surface area contributed by atoms with Crippen LogP contribution in [0.4, 0.5) is 0 Å². The minimum Gasteiger partial charge on any atom is -0.352 e. The Morgan fingerprint density at radius 1 is 1.04 bits per heavy atom. The van der Waals surface area contributed by atoms with Crippen LogP contribution in [0.15, 0.2) is 35.1 Å². The summed E-state index contributed by atoms with van der Waals surface area (Å²) in [6.07, 6.45) is 12.0. The molecular formula is C37H59N7O2. The van der Waals surface area contributed by atoms with Crippen molar-refractivity contribution in [1.29, 1.82) is 0 Å². The number of aryl methyl sites for hydroxylation is 2. The van der Waals surface area contributed by atoms with Crippen molar-refractivity contribution >= 4 is 5.91 Å². The van der Waals surface area contributed by atoms with E-state index in [1.165, 1.54) is 56.1 Å². The molecule has 4 unspecified atom stereocenters. The number of rotatable bonds is 10. The predicted octanol–water partition coefficient (Wildman–Crippen LogP) is 4.69. The molecule has 46 heavy (non-hydrogen) atoms. The maximum Gasteiger partial charge on any atom is 0.253 e. The topological polar surface area (TPSA) is 127 Å². The summed E-state index contributed by atoms with van der Waals surface area (Å²) in [7, 11) is 0. The lowest BCUT2D eigenvalue weighted by atomic mass is 9.58. The van der Waals surface area contributed by atoms with E-state index in [1.54, 1.807) is 0 Å². The molecule has 3 fully saturated rings. The van der Waals surface area contributed by atoms with Gasteiger partial charge in [0, 0.05) is 67.4 Å². The molecule has 1 amide bonds. The van der Waals surface area contributed by atoms with Gasteiger partial charge in [-0.15, -0.1) is 0 Å². The molecule has 0 spiro atoms. The number of piperidine rings is 1. The number of aromatic nitrogens is 1. The Morgan fingerprint density at radius 3 is 2.43 bits per heavy atom. The van der Waals surface area contributed by atoms with E-state index in [4.69, 9.17) is 5.73 Å². The van der Waals surface area contributed by atoms with Crippen LogP contribution in [0.25, 0.3) is 0 Å². The quantitative estimate of drug-likeness (QED) is 0.210. The van der Waals surface area contributed by atoms with E-state index in [0.29, 0.717) is 18.0 Å². The molecule has 4 atom stereocenters. The fourth-order valence-electron chi connectivity index (χ4n) is 8.66. The SMILES string of the molecule is Cc1cc(C)c(CNC(=O)C2CC(c3cccc(CNCCN)c3)NC3N(C(C)C)NCC23C2CCCCCCCCC2)c(=O)[nH]1. The third kappa shape index (κ3) is 7.76. The molecule has 3 aliphatic rings. The molecule has 254 valence electrons. The highest BCUT2D eigenvalue weighted by molar-refractivity contribution is 5.80. The van der Waals surface area contributed by atoms with Crippen LogP contribution >= 0.6 is 0 Å². The van der Waals surface area contributed by atoms with E-state index in [0.717, 1.165) is 50.2 Å². The summed E-state index contributed by atoms with van der Waals surface area (Å²) in [5.74, 6) is 0.283. The fraction of sp³-hybridized carbons (Fsp3) is 0.676. The number of hydrazine groups is 1. The van der Waals surface area contributed by atoms with Gasteiger partial charge in [-0.1, -0.05) is 69.2 Å². The van der Waals surface area contributed by atoms with E-state index < -0.39 is 0 Å². The number of carbonyl (C=O) groups is 1. The Bertz CT molecular complexity index is 1350. The van der Waals surface area contributed by atoms with Crippen molar-refractivity contribution in [2.75, 3.05) is 19.6 Å². The van der Waals surface area contributed by atoms with Gasteiger partial charge >= 0.3 is 0 Å². The highest BCUT2D eigenvalue weighted by atomic mass is 16.2. The molecule has 9 heteroatoms. The first-order valence-corrected chi connectivity index (χ1v) is 18.0. The molecule has 5 rings (SSSR count). The summed E-state index contributed by atoms with van der Waals surface area (Å²) in [5, 5.41) is 13.3. The van der Waals surface area contributed by atoms with E-state index in [2.05, 4.69) is 69.5 Å². The smallest absolute Gasteiger partial charge is 0.253 e. The number of hydrogen-bond donors (Lipinski definition) is 6. The summed E-state index contributed by atoms with van der Waals surface area (Å²) in [5.41, 5.74) is 14.0. The van der Waals surface area contributed by atoms with Crippen LogP contribution in [0, 0.1) is 31.1 Å². The fourth-order valence-corrected chi connectivity index (χ4v) is 8.66. The van der Waals surface area contributed by atoms with Gasteiger partial charge in [0.05, 0.1) is 6.17 Å². The number of nitrogens with one attached hydrogen (secondary N) is 5. The van der Waals surface area contributed by atoms with Crippen molar-refractivity contribution < 1.29 is 4.79 Å². The summed E-state index contributed by atoms with van der Waals surface area (Å²) in [6, 6.07) is 11.0. The van der Waals surface area contributed by atoms with Gasteiger partial charge < -0.3 is 21.4 Å².